The Balaban J connectivity index is 1.74. The minimum absolute atomic E-state index is 0.0564. The Bertz CT molecular complexity index is 950. The number of hydrogen-bond donors (Lipinski definition) is 0. The molecule has 3 rings (SSSR count). The van der Waals surface area contributed by atoms with Crippen LogP contribution in [0.25, 0.3) is 11.1 Å². The van der Waals surface area contributed by atoms with Crippen LogP contribution >= 0.6 is 0 Å². The molecule has 0 aliphatic carbocycles. The van der Waals surface area contributed by atoms with Gasteiger partial charge in [-0.2, -0.15) is 0 Å². The lowest BCUT2D eigenvalue weighted by molar-refractivity contribution is 0.0755. The molecule has 0 atom stereocenters. The van der Waals surface area contributed by atoms with E-state index >= 15 is 0 Å². The van der Waals surface area contributed by atoms with Gasteiger partial charge in [0.25, 0.3) is 5.91 Å². The van der Waals surface area contributed by atoms with Gasteiger partial charge in [0.15, 0.2) is 0 Å². The zero-order chi connectivity index (χ0) is 21.3. The van der Waals surface area contributed by atoms with E-state index in [9.17, 15) is 4.79 Å². The summed E-state index contributed by atoms with van der Waals surface area (Å²) in [4.78, 5) is 23.4. The molecule has 0 bridgehead atoms. The van der Waals surface area contributed by atoms with Crippen LogP contribution in [0.1, 0.15) is 37.0 Å². The van der Waals surface area contributed by atoms with Gasteiger partial charge in [0.1, 0.15) is 11.5 Å². The molecule has 0 saturated carbocycles. The molecular formula is C24H27N3O3. The highest BCUT2D eigenvalue weighted by atomic mass is 16.5. The van der Waals surface area contributed by atoms with Crippen molar-refractivity contribution < 1.29 is 14.3 Å². The van der Waals surface area contributed by atoms with Crippen molar-refractivity contribution in [2.45, 2.75) is 26.7 Å². The number of nitrogens with zero attached hydrogens (tertiary/aromatic N) is 3. The maximum atomic E-state index is 12.9. The molecule has 0 N–H and O–H groups in total. The minimum atomic E-state index is 0.0564. The summed E-state index contributed by atoms with van der Waals surface area (Å²) in [7, 11) is 1.62. The molecule has 1 amide bonds. The topological polar surface area (TPSA) is 64.6 Å². The molecule has 6 heteroatoms. The molecule has 6 nitrogen and oxygen atoms in total. The zero-order valence-electron chi connectivity index (χ0n) is 17.7. The number of hydrogen-bond acceptors (Lipinski definition) is 5. The minimum Gasteiger partial charge on any atom is -0.497 e. The molecule has 0 fully saturated rings. The Morgan fingerprint density at radius 2 is 1.53 bits per heavy atom. The molecule has 0 spiro atoms. The first-order valence-electron chi connectivity index (χ1n) is 10.2. The lowest BCUT2D eigenvalue weighted by atomic mass is 10.0. The largest absolute Gasteiger partial charge is 0.497 e. The van der Waals surface area contributed by atoms with E-state index < -0.39 is 0 Å². The number of benzene rings is 2. The second-order valence-electron chi connectivity index (χ2n) is 6.90. The predicted molar refractivity (Wildman–Crippen MR) is 117 cm³/mol. The van der Waals surface area contributed by atoms with Gasteiger partial charge in [-0.3, -0.25) is 4.79 Å². The summed E-state index contributed by atoms with van der Waals surface area (Å²) in [5, 5.41) is 0. The Labute approximate surface area is 177 Å². The molecule has 2 aromatic carbocycles. The van der Waals surface area contributed by atoms with Crippen LogP contribution in [0.5, 0.6) is 17.5 Å². The van der Waals surface area contributed by atoms with Crippen LogP contribution in [0.3, 0.4) is 0 Å². The third kappa shape index (κ3) is 5.35. The predicted octanol–water partition coefficient (Wildman–Crippen LogP) is 5.21. The van der Waals surface area contributed by atoms with Crippen LogP contribution in [-0.2, 0) is 0 Å². The van der Waals surface area contributed by atoms with Gasteiger partial charge in [-0.25, -0.2) is 9.97 Å². The Hall–Kier alpha value is -3.41. The molecule has 0 radical (unpaired) electrons. The van der Waals surface area contributed by atoms with Crippen molar-refractivity contribution in [2.24, 2.45) is 0 Å². The highest BCUT2D eigenvalue weighted by Crippen LogP contribution is 2.24. The van der Waals surface area contributed by atoms with E-state index in [1.165, 1.54) is 0 Å². The van der Waals surface area contributed by atoms with Gasteiger partial charge in [0, 0.05) is 36.6 Å². The zero-order valence-corrected chi connectivity index (χ0v) is 17.7. The van der Waals surface area contributed by atoms with Gasteiger partial charge in [0.05, 0.1) is 7.11 Å². The monoisotopic (exact) mass is 405 g/mol. The summed E-state index contributed by atoms with van der Waals surface area (Å²) in [5.41, 5.74) is 2.39. The van der Waals surface area contributed by atoms with E-state index in [4.69, 9.17) is 9.47 Å². The summed E-state index contributed by atoms with van der Waals surface area (Å²) in [5.74, 6) is 1.44. The fourth-order valence-corrected chi connectivity index (χ4v) is 3.14. The highest BCUT2D eigenvalue weighted by Gasteiger charge is 2.15. The standard InChI is InChI=1S/C24H27N3O3/c1-4-13-27(14-5-2)23(28)19-8-6-7-18(15-19)20-16-25-24(26-17-20)30-22-11-9-21(29-3)10-12-22/h6-12,15-17H,4-5,13-14H2,1-3H3. The molecule has 0 unspecified atom stereocenters. The normalized spacial score (nSPS) is 10.5. The van der Waals surface area contributed by atoms with Gasteiger partial charge < -0.3 is 14.4 Å². The lowest BCUT2D eigenvalue weighted by Gasteiger charge is -2.21. The number of amides is 1. The molecule has 30 heavy (non-hydrogen) atoms. The van der Waals surface area contributed by atoms with Crippen molar-refractivity contribution in [2.75, 3.05) is 20.2 Å². The van der Waals surface area contributed by atoms with Crippen molar-refractivity contribution in [3.05, 3.63) is 66.5 Å². The van der Waals surface area contributed by atoms with Gasteiger partial charge in [-0.15, -0.1) is 0 Å². The second kappa shape index (κ2) is 10.4. The number of carbonyl (C=O) groups excluding carboxylic acids is 1. The smallest absolute Gasteiger partial charge is 0.321 e. The maximum Gasteiger partial charge on any atom is 0.321 e. The molecule has 0 saturated heterocycles. The summed E-state index contributed by atoms with van der Waals surface area (Å²) < 4.78 is 10.8. The van der Waals surface area contributed by atoms with E-state index in [0.29, 0.717) is 11.3 Å². The Morgan fingerprint density at radius 1 is 0.900 bits per heavy atom. The summed E-state index contributed by atoms with van der Waals surface area (Å²) in [6.07, 6.45) is 5.28. The third-order valence-corrected chi connectivity index (χ3v) is 4.61. The van der Waals surface area contributed by atoms with Crippen LogP contribution < -0.4 is 9.47 Å². The maximum absolute atomic E-state index is 12.9. The van der Waals surface area contributed by atoms with E-state index in [1.54, 1.807) is 31.6 Å². The van der Waals surface area contributed by atoms with E-state index in [-0.39, 0.29) is 11.9 Å². The number of methoxy groups -OCH3 is 1. The summed E-state index contributed by atoms with van der Waals surface area (Å²) in [6, 6.07) is 15.1. The van der Waals surface area contributed by atoms with E-state index in [2.05, 4.69) is 23.8 Å². The first-order chi connectivity index (χ1) is 14.6. The SMILES string of the molecule is CCCN(CCC)C(=O)c1cccc(-c2cnc(Oc3ccc(OC)cc3)nc2)c1. The van der Waals surface area contributed by atoms with Gasteiger partial charge in [0.2, 0.25) is 0 Å². The number of ether oxygens (including phenoxy) is 2. The van der Waals surface area contributed by atoms with Crippen LogP contribution in [-0.4, -0.2) is 41.0 Å². The average Bonchev–Trinajstić information content (AvgIpc) is 2.79. The molecule has 3 aromatic rings. The van der Waals surface area contributed by atoms with Gasteiger partial charge >= 0.3 is 6.01 Å². The van der Waals surface area contributed by atoms with Crippen molar-refractivity contribution in [1.82, 2.24) is 14.9 Å². The third-order valence-electron chi connectivity index (χ3n) is 4.61. The molecule has 1 aromatic heterocycles. The molecule has 156 valence electrons. The van der Waals surface area contributed by atoms with Crippen LogP contribution in [0.15, 0.2) is 60.9 Å². The van der Waals surface area contributed by atoms with Crippen LogP contribution in [0.2, 0.25) is 0 Å². The Morgan fingerprint density at radius 3 is 2.13 bits per heavy atom. The Kier molecular flexibility index (Phi) is 7.38. The van der Waals surface area contributed by atoms with Crippen LogP contribution in [0, 0.1) is 0 Å². The first-order valence-corrected chi connectivity index (χ1v) is 10.2. The average molecular weight is 405 g/mol. The quantitative estimate of drug-likeness (QED) is 0.489. The van der Waals surface area contributed by atoms with E-state index in [1.807, 2.05) is 41.3 Å². The molecule has 0 aliphatic rings. The van der Waals surface area contributed by atoms with Crippen molar-refractivity contribution in [3.63, 3.8) is 0 Å². The van der Waals surface area contributed by atoms with Crippen LogP contribution in [0.4, 0.5) is 0 Å². The summed E-state index contributed by atoms with van der Waals surface area (Å²) in [6.45, 7) is 5.69. The van der Waals surface area contributed by atoms with Gasteiger partial charge in [-0.1, -0.05) is 26.0 Å². The second-order valence-corrected chi connectivity index (χ2v) is 6.90. The number of rotatable bonds is 9. The number of carbonyl (C=O) groups is 1. The fraction of sp³-hybridized carbons (Fsp3) is 0.292. The van der Waals surface area contributed by atoms with Gasteiger partial charge in [-0.05, 0) is 54.8 Å². The molecule has 0 aliphatic heterocycles. The highest BCUT2D eigenvalue weighted by molar-refractivity contribution is 5.95. The van der Waals surface area contributed by atoms with E-state index in [0.717, 1.165) is 42.8 Å². The van der Waals surface area contributed by atoms with Crippen molar-refractivity contribution >= 4 is 5.91 Å². The lowest BCUT2D eigenvalue weighted by Crippen LogP contribution is -2.32. The number of aromatic nitrogens is 2. The van der Waals surface area contributed by atoms with Crippen molar-refractivity contribution in [1.29, 1.82) is 0 Å². The molecular weight excluding hydrogens is 378 g/mol. The first kappa shape index (κ1) is 21.3. The fourth-order valence-electron chi connectivity index (χ4n) is 3.14. The van der Waals surface area contributed by atoms with Crippen molar-refractivity contribution in [3.8, 4) is 28.6 Å². The molecule has 1 heterocycles. The summed E-state index contributed by atoms with van der Waals surface area (Å²) >= 11 is 0.